The van der Waals surface area contributed by atoms with Crippen molar-refractivity contribution in [1.82, 2.24) is 20.2 Å². The molecule has 0 aromatic carbocycles. The second-order valence-electron chi connectivity index (χ2n) is 10.1. The first kappa shape index (κ1) is 31.2. The predicted molar refractivity (Wildman–Crippen MR) is 151 cm³/mol. The fourth-order valence-corrected chi connectivity index (χ4v) is 4.81. The third-order valence-corrected chi connectivity index (χ3v) is 7.25. The van der Waals surface area contributed by atoms with Crippen molar-refractivity contribution >= 4 is 17.7 Å². The molecule has 40 heavy (non-hydrogen) atoms. The van der Waals surface area contributed by atoms with Gasteiger partial charge in [0, 0.05) is 38.6 Å². The highest BCUT2D eigenvalue weighted by molar-refractivity contribution is 5.87. The van der Waals surface area contributed by atoms with Crippen LogP contribution in [0, 0.1) is 0 Å². The van der Waals surface area contributed by atoms with Crippen LogP contribution in [0.15, 0.2) is 30.5 Å². The van der Waals surface area contributed by atoms with Gasteiger partial charge in [-0.1, -0.05) is 6.07 Å². The monoisotopic (exact) mass is 559 g/mol. The standard InChI is InChI=1S/C29H42FN5O5/c1-20(26-25(40-3)10-7-14-31-26)28(36)34-24(29(37)38)13-17-35(19-23(18-30)39-2)16-5-4-9-22-12-11-21-8-6-15-32-27(21)33-22/h7,10-12,14,20,23-24H,4-6,8-9,13,15-19H2,1-3H3,(H,32,33)(H,34,36)(H,37,38). The maximum Gasteiger partial charge on any atom is 0.326 e. The summed E-state index contributed by atoms with van der Waals surface area (Å²) >= 11 is 0. The average molecular weight is 560 g/mol. The summed E-state index contributed by atoms with van der Waals surface area (Å²) in [6.07, 6.45) is 5.82. The number of fused-ring (bicyclic) bond motifs is 1. The van der Waals surface area contributed by atoms with Gasteiger partial charge < -0.3 is 30.1 Å². The number of methoxy groups -OCH3 is 2. The van der Waals surface area contributed by atoms with Gasteiger partial charge in [-0.05, 0) is 75.8 Å². The fraction of sp³-hybridized carbons (Fsp3) is 0.586. The van der Waals surface area contributed by atoms with Crippen LogP contribution < -0.4 is 15.4 Å². The molecule has 11 heteroatoms. The Morgan fingerprint density at radius 3 is 2.77 bits per heavy atom. The van der Waals surface area contributed by atoms with E-state index in [0.29, 0.717) is 31.1 Å². The number of carboxylic acids is 1. The zero-order valence-electron chi connectivity index (χ0n) is 23.7. The van der Waals surface area contributed by atoms with Gasteiger partial charge in [0.15, 0.2) is 0 Å². The van der Waals surface area contributed by atoms with E-state index >= 15 is 0 Å². The molecule has 3 heterocycles. The van der Waals surface area contributed by atoms with Crippen LogP contribution >= 0.6 is 0 Å². The Hall–Kier alpha value is -3.31. The smallest absolute Gasteiger partial charge is 0.326 e. The lowest BCUT2D eigenvalue weighted by Gasteiger charge is -2.27. The Morgan fingerprint density at radius 1 is 1.23 bits per heavy atom. The fourth-order valence-electron chi connectivity index (χ4n) is 4.81. The van der Waals surface area contributed by atoms with Crippen molar-refractivity contribution in [3.63, 3.8) is 0 Å². The number of aryl methyl sites for hydroxylation is 2. The van der Waals surface area contributed by atoms with E-state index in [1.54, 1.807) is 25.3 Å². The molecule has 0 saturated heterocycles. The van der Waals surface area contributed by atoms with Gasteiger partial charge in [-0.2, -0.15) is 0 Å². The number of nitrogens with zero attached hydrogens (tertiary/aromatic N) is 3. The molecule has 2 aromatic rings. The molecule has 3 N–H and O–H groups in total. The van der Waals surface area contributed by atoms with Crippen LogP contribution in [0.2, 0.25) is 0 Å². The number of hydrogen-bond donors (Lipinski definition) is 3. The zero-order valence-corrected chi connectivity index (χ0v) is 23.7. The topological polar surface area (TPSA) is 126 Å². The summed E-state index contributed by atoms with van der Waals surface area (Å²) in [5.41, 5.74) is 2.72. The van der Waals surface area contributed by atoms with Gasteiger partial charge in [0.1, 0.15) is 24.3 Å². The second kappa shape index (κ2) is 16.1. The number of nitrogens with one attached hydrogen (secondary N) is 2. The molecule has 0 spiro atoms. The van der Waals surface area contributed by atoms with Crippen molar-refractivity contribution in [2.75, 3.05) is 52.4 Å². The highest BCUT2D eigenvalue weighted by Crippen LogP contribution is 2.24. The van der Waals surface area contributed by atoms with Gasteiger partial charge in [0.2, 0.25) is 5.91 Å². The van der Waals surface area contributed by atoms with Gasteiger partial charge in [0.25, 0.3) is 0 Å². The van der Waals surface area contributed by atoms with Gasteiger partial charge in [-0.3, -0.25) is 9.78 Å². The molecule has 2 aromatic heterocycles. The first-order chi connectivity index (χ1) is 19.4. The van der Waals surface area contributed by atoms with Crippen molar-refractivity contribution in [2.45, 2.75) is 63.5 Å². The molecule has 3 rings (SSSR count). The quantitative estimate of drug-likeness (QED) is 0.251. The van der Waals surface area contributed by atoms with Gasteiger partial charge in [-0.15, -0.1) is 0 Å². The van der Waals surface area contributed by atoms with E-state index in [1.807, 2.05) is 4.90 Å². The van der Waals surface area contributed by atoms with Crippen LogP contribution in [0.1, 0.15) is 55.5 Å². The van der Waals surface area contributed by atoms with E-state index in [1.165, 1.54) is 19.8 Å². The number of carbonyl (C=O) groups is 2. The van der Waals surface area contributed by atoms with E-state index in [4.69, 9.17) is 14.5 Å². The number of hydrogen-bond acceptors (Lipinski definition) is 8. The number of anilines is 1. The number of unbranched alkanes of at least 4 members (excludes halogenated alkanes) is 1. The molecule has 0 radical (unpaired) electrons. The zero-order chi connectivity index (χ0) is 28.9. The molecule has 1 amide bonds. The number of pyridine rings is 2. The lowest BCUT2D eigenvalue weighted by Crippen LogP contribution is -2.45. The second-order valence-corrected chi connectivity index (χ2v) is 10.1. The maximum absolute atomic E-state index is 13.4. The number of ether oxygens (including phenoxy) is 2. The molecule has 0 aliphatic carbocycles. The van der Waals surface area contributed by atoms with Crippen molar-refractivity contribution in [3.8, 4) is 5.75 Å². The van der Waals surface area contributed by atoms with E-state index in [0.717, 1.165) is 50.2 Å². The van der Waals surface area contributed by atoms with Crippen molar-refractivity contribution in [3.05, 3.63) is 47.4 Å². The Morgan fingerprint density at radius 2 is 2.05 bits per heavy atom. The van der Waals surface area contributed by atoms with Crippen molar-refractivity contribution in [2.24, 2.45) is 0 Å². The van der Waals surface area contributed by atoms with Crippen molar-refractivity contribution in [1.29, 1.82) is 0 Å². The molecule has 220 valence electrons. The van der Waals surface area contributed by atoms with Crippen molar-refractivity contribution < 1.29 is 28.6 Å². The average Bonchev–Trinajstić information content (AvgIpc) is 2.98. The summed E-state index contributed by atoms with van der Waals surface area (Å²) in [4.78, 5) is 35.9. The minimum atomic E-state index is -1.13. The number of carbonyl (C=O) groups excluding carboxylic acids is 1. The summed E-state index contributed by atoms with van der Waals surface area (Å²) in [5, 5.41) is 15.8. The first-order valence-electron chi connectivity index (χ1n) is 13.9. The lowest BCUT2D eigenvalue weighted by molar-refractivity contribution is -0.142. The molecule has 3 atom stereocenters. The predicted octanol–water partition coefficient (Wildman–Crippen LogP) is 3.22. The van der Waals surface area contributed by atoms with Gasteiger partial charge in [-0.25, -0.2) is 14.2 Å². The molecule has 1 aliphatic heterocycles. The number of rotatable bonds is 17. The number of amides is 1. The summed E-state index contributed by atoms with van der Waals surface area (Å²) < 4.78 is 24.0. The number of aliphatic carboxylic acids is 1. The van der Waals surface area contributed by atoms with E-state index < -0.39 is 36.6 Å². The molecule has 10 nitrogen and oxygen atoms in total. The molecular formula is C29H42FN5O5. The molecule has 3 unspecified atom stereocenters. The van der Waals surface area contributed by atoms with Crippen LogP contribution in [0.25, 0.3) is 0 Å². The Bertz CT molecular complexity index is 1100. The molecule has 1 aliphatic rings. The summed E-state index contributed by atoms with van der Waals surface area (Å²) in [6.45, 7) is 3.30. The molecule has 0 fully saturated rings. The maximum atomic E-state index is 13.4. The van der Waals surface area contributed by atoms with Gasteiger partial charge >= 0.3 is 5.97 Å². The highest BCUT2D eigenvalue weighted by atomic mass is 19.1. The van der Waals surface area contributed by atoms with Crippen LogP contribution in [-0.2, 0) is 27.2 Å². The number of carboxylic acid groups (broad SMARTS) is 1. The Balaban J connectivity index is 1.55. The van der Waals surface area contributed by atoms with Gasteiger partial charge in [0.05, 0.1) is 24.8 Å². The van der Waals surface area contributed by atoms with E-state index in [2.05, 4.69) is 27.8 Å². The number of alkyl halides is 1. The number of halogens is 1. The van der Waals surface area contributed by atoms with E-state index in [9.17, 15) is 19.1 Å². The molecular weight excluding hydrogens is 517 g/mol. The van der Waals surface area contributed by atoms with Crippen LogP contribution in [0.5, 0.6) is 5.75 Å². The third kappa shape index (κ3) is 9.12. The summed E-state index contributed by atoms with van der Waals surface area (Å²) in [5.74, 6) is -0.850. The largest absolute Gasteiger partial charge is 0.495 e. The Kier molecular flexibility index (Phi) is 12.5. The van der Waals surface area contributed by atoms with Crippen LogP contribution in [0.4, 0.5) is 10.2 Å². The van der Waals surface area contributed by atoms with E-state index in [-0.39, 0.29) is 6.42 Å². The summed E-state index contributed by atoms with van der Waals surface area (Å²) in [6, 6.07) is 6.52. The normalized spacial score (nSPS) is 15.0. The molecule has 0 bridgehead atoms. The third-order valence-electron chi connectivity index (χ3n) is 7.25. The highest BCUT2D eigenvalue weighted by Gasteiger charge is 2.27. The lowest BCUT2D eigenvalue weighted by atomic mass is 10.0. The SMILES string of the molecule is COc1cccnc1C(C)C(=O)NC(CCN(CCCCc1ccc2c(n1)NCCC2)CC(CF)OC)C(=O)O. The van der Waals surface area contributed by atoms with Crippen LogP contribution in [-0.4, -0.2) is 91.1 Å². The number of aromatic nitrogens is 2. The minimum absolute atomic E-state index is 0.161. The van der Waals surface area contributed by atoms with Crippen LogP contribution in [0.3, 0.4) is 0 Å². The molecule has 0 saturated carbocycles. The summed E-state index contributed by atoms with van der Waals surface area (Å²) in [7, 11) is 2.96. The Labute approximate surface area is 235 Å². The minimum Gasteiger partial charge on any atom is -0.495 e. The first-order valence-corrected chi connectivity index (χ1v) is 13.9.